The number of benzene rings is 2. The van der Waals surface area contributed by atoms with Crippen LogP contribution in [-0.4, -0.2) is 33.3 Å². The van der Waals surface area contributed by atoms with E-state index >= 15 is 0 Å². The average molecular weight is 413 g/mol. The summed E-state index contributed by atoms with van der Waals surface area (Å²) >= 11 is 0. The Labute approximate surface area is 175 Å². The highest BCUT2D eigenvalue weighted by molar-refractivity contribution is 6.99. The van der Waals surface area contributed by atoms with Crippen molar-refractivity contribution < 1.29 is 18.7 Å². The molecule has 1 aliphatic rings. The largest absolute Gasteiger partial charge is 0.436 e. The number of hydrogen-bond acceptors (Lipinski definition) is 4. The van der Waals surface area contributed by atoms with E-state index in [0.717, 1.165) is 6.42 Å². The molecule has 1 heterocycles. The lowest BCUT2D eigenvalue weighted by molar-refractivity contribution is -0.179. The van der Waals surface area contributed by atoms with Crippen molar-refractivity contribution in [1.82, 2.24) is 0 Å². The van der Waals surface area contributed by atoms with Crippen LogP contribution in [0.15, 0.2) is 60.7 Å². The van der Waals surface area contributed by atoms with E-state index in [9.17, 15) is 4.79 Å². The lowest BCUT2D eigenvalue weighted by Crippen LogP contribution is -2.67. The zero-order valence-corrected chi connectivity index (χ0v) is 19.1. The topological polar surface area (TPSA) is 44.8 Å². The third-order valence-electron chi connectivity index (χ3n) is 5.61. The second-order valence-electron chi connectivity index (χ2n) is 8.92. The minimum absolute atomic E-state index is 0.0742. The zero-order chi connectivity index (χ0) is 21.1. The molecule has 1 unspecified atom stereocenters. The maximum Gasteiger partial charge on any atom is 0.304 e. The standard InChI is InChI=1S/C24H32O4Si/c1-18-16-20(28-23(18)27-19(2)25)17-26-29(24(3,4)5,21-12-8-6-9-13-21)22-14-10-7-11-15-22/h6-15,18,20,23H,16-17H2,1-5H3/t18-,20+,23?/m1/s1. The number of ether oxygens (including phenoxy) is 2. The van der Waals surface area contributed by atoms with Gasteiger partial charge in [0.15, 0.2) is 0 Å². The van der Waals surface area contributed by atoms with E-state index in [1.54, 1.807) is 0 Å². The van der Waals surface area contributed by atoms with Crippen molar-refractivity contribution in [3.8, 4) is 0 Å². The molecule has 0 spiro atoms. The Bertz CT molecular complexity index is 761. The predicted octanol–water partition coefficient (Wildman–Crippen LogP) is 3.88. The number of carbonyl (C=O) groups is 1. The van der Waals surface area contributed by atoms with Gasteiger partial charge in [-0.15, -0.1) is 0 Å². The number of carbonyl (C=O) groups excluding carboxylic acids is 1. The lowest BCUT2D eigenvalue weighted by Gasteiger charge is -2.43. The fourth-order valence-electron chi connectivity index (χ4n) is 4.30. The first-order chi connectivity index (χ1) is 13.7. The Balaban J connectivity index is 1.92. The Morgan fingerprint density at radius 3 is 2.00 bits per heavy atom. The van der Waals surface area contributed by atoms with Crippen molar-refractivity contribution in [2.24, 2.45) is 5.92 Å². The molecule has 5 heteroatoms. The molecular formula is C24H32O4Si. The smallest absolute Gasteiger partial charge is 0.304 e. The van der Waals surface area contributed by atoms with Gasteiger partial charge < -0.3 is 13.9 Å². The number of hydrogen-bond donors (Lipinski definition) is 0. The summed E-state index contributed by atoms with van der Waals surface area (Å²) in [5, 5.41) is 2.43. The molecule has 2 aromatic carbocycles. The van der Waals surface area contributed by atoms with Crippen LogP contribution in [-0.2, 0) is 18.7 Å². The Kier molecular flexibility index (Phi) is 6.61. The van der Waals surface area contributed by atoms with E-state index in [2.05, 4.69) is 76.2 Å². The minimum atomic E-state index is -2.58. The summed E-state index contributed by atoms with van der Waals surface area (Å²) in [5.41, 5.74) is 0. The molecule has 4 nitrogen and oxygen atoms in total. The molecule has 3 atom stereocenters. The molecule has 1 saturated heterocycles. The fourth-order valence-corrected chi connectivity index (χ4v) is 8.89. The molecule has 156 valence electrons. The molecule has 1 aliphatic heterocycles. The van der Waals surface area contributed by atoms with Gasteiger partial charge >= 0.3 is 5.97 Å². The van der Waals surface area contributed by atoms with E-state index in [-0.39, 0.29) is 23.0 Å². The summed E-state index contributed by atoms with van der Waals surface area (Å²) in [7, 11) is -2.58. The maximum atomic E-state index is 11.3. The maximum absolute atomic E-state index is 11.3. The van der Waals surface area contributed by atoms with Gasteiger partial charge in [0.05, 0.1) is 12.7 Å². The Morgan fingerprint density at radius 2 is 1.55 bits per heavy atom. The van der Waals surface area contributed by atoms with Crippen LogP contribution in [0.25, 0.3) is 0 Å². The number of rotatable bonds is 6. The first kappa shape index (κ1) is 21.7. The van der Waals surface area contributed by atoms with Gasteiger partial charge in [0, 0.05) is 12.8 Å². The predicted molar refractivity (Wildman–Crippen MR) is 118 cm³/mol. The molecule has 1 fully saturated rings. The van der Waals surface area contributed by atoms with Crippen molar-refractivity contribution in [3.63, 3.8) is 0 Å². The summed E-state index contributed by atoms with van der Waals surface area (Å²) in [4.78, 5) is 11.3. The van der Waals surface area contributed by atoms with Crippen molar-refractivity contribution in [2.45, 2.75) is 58.5 Å². The van der Waals surface area contributed by atoms with Crippen LogP contribution >= 0.6 is 0 Å². The SMILES string of the molecule is CC(=O)OC1O[C@H](CO[Si](c2ccccc2)(c2ccccc2)C(C)(C)C)C[C@H]1C. The lowest BCUT2D eigenvalue weighted by atomic mass is 10.1. The molecular weight excluding hydrogens is 380 g/mol. The van der Waals surface area contributed by atoms with Crippen LogP contribution in [0.4, 0.5) is 0 Å². The van der Waals surface area contributed by atoms with Crippen molar-refractivity contribution in [3.05, 3.63) is 60.7 Å². The quantitative estimate of drug-likeness (QED) is 0.534. The molecule has 0 aromatic heterocycles. The molecule has 0 bridgehead atoms. The van der Waals surface area contributed by atoms with Gasteiger partial charge in [-0.1, -0.05) is 88.4 Å². The van der Waals surface area contributed by atoms with Gasteiger partial charge in [-0.3, -0.25) is 4.79 Å². The van der Waals surface area contributed by atoms with Crippen LogP contribution in [0, 0.1) is 5.92 Å². The average Bonchev–Trinajstić information content (AvgIpc) is 3.01. The molecule has 0 N–H and O–H groups in total. The van der Waals surface area contributed by atoms with Gasteiger partial charge in [-0.05, 0) is 21.8 Å². The van der Waals surface area contributed by atoms with E-state index in [1.807, 2.05) is 12.1 Å². The normalized spacial score (nSPS) is 22.4. The van der Waals surface area contributed by atoms with Gasteiger partial charge in [0.1, 0.15) is 0 Å². The summed E-state index contributed by atoms with van der Waals surface area (Å²) in [6, 6.07) is 21.2. The molecule has 0 amide bonds. The van der Waals surface area contributed by atoms with Gasteiger partial charge in [-0.2, -0.15) is 0 Å². The molecule has 0 aliphatic carbocycles. The number of esters is 1. The molecule has 2 aromatic rings. The Morgan fingerprint density at radius 1 is 1.03 bits per heavy atom. The second-order valence-corrected chi connectivity index (χ2v) is 13.2. The summed E-state index contributed by atoms with van der Waals surface area (Å²) in [6.07, 6.45) is 0.243. The van der Waals surface area contributed by atoms with Crippen LogP contribution in [0.5, 0.6) is 0 Å². The summed E-state index contributed by atoms with van der Waals surface area (Å²) < 4.78 is 18.3. The van der Waals surface area contributed by atoms with Gasteiger partial charge in [-0.25, -0.2) is 0 Å². The molecule has 3 rings (SSSR count). The molecule has 29 heavy (non-hydrogen) atoms. The minimum Gasteiger partial charge on any atom is -0.436 e. The van der Waals surface area contributed by atoms with Crippen molar-refractivity contribution >= 4 is 24.7 Å². The highest BCUT2D eigenvalue weighted by Crippen LogP contribution is 2.37. The highest BCUT2D eigenvalue weighted by atomic mass is 28.4. The first-order valence-corrected chi connectivity index (χ1v) is 12.2. The monoisotopic (exact) mass is 412 g/mol. The Hall–Kier alpha value is -1.95. The molecule has 0 radical (unpaired) electrons. The second kappa shape index (κ2) is 8.82. The third kappa shape index (κ3) is 4.63. The summed E-state index contributed by atoms with van der Waals surface area (Å²) in [5.74, 6) is -0.151. The highest BCUT2D eigenvalue weighted by Gasteiger charge is 2.51. The summed E-state index contributed by atoms with van der Waals surface area (Å²) in [6.45, 7) is 10.7. The van der Waals surface area contributed by atoms with Crippen molar-refractivity contribution in [1.29, 1.82) is 0 Å². The van der Waals surface area contributed by atoms with Gasteiger partial charge in [0.2, 0.25) is 6.29 Å². The molecule has 0 saturated carbocycles. The van der Waals surface area contributed by atoms with E-state index in [1.165, 1.54) is 17.3 Å². The first-order valence-electron chi connectivity index (χ1n) is 10.3. The van der Waals surface area contributed by atoms with Crippen LogP contribution in [0.3, 0.4) is 0 Å². The van der Waals surface area contributed by atoms with E-state index in [0.29, 0.717) is 6.61 Å². The van der Waals surface area contributed by atoms with Crippen LogP contribution < -0.4 is 10.4 Å². The van der Waals surface area contributed by atoms with Crippen molar-refractivity contribution in [2.75, 3.05) is 6.61 Å². The third-order valence-corrected chi connectivity index (χ3v) is 10.6. The van der Waals surface area contributed by atoms with E-state index < -0.39 is 14.6 Å². The van der Waals surface area contributed by atoms with E-state index in [4.69, 9.17) is 13.9 Å². The fraction of sp³-hybridized carbons (Fsp3) is 0.458. The van der Waals surface area contributed by atoms with Gasteiger partial charge in [0.25, 0.3) is 8.32 Å². The zero-order valence-electron chi connectivity index (χ0n) is 18.1. The van der Waals surface area contributed by atoms with Crippen LogP contribution in [0.1, 0.15) is 41.0 Å². The van der Waals surface area contributed by atoms with Crippen LogP contribution in [0.2, 0.25) is 5.04 Å².